The van der Waals surface area contributed by atoms with Crippen LogP contribution in [0.1, 0.15) is 64.2 Å². The third kappa shape index (κ3) is 6.06. The Hall–Kier alpha value is -4.13. The molecule has 0 spiro atoms. The lowest BCUT2D eigenvalue weighted by atomic mass is 10.0. The number of hydrogen-bond donors (Lipinski definition) is 1. The summed E-state index contributed by atoms with van der Waals surface area (Å²) >= 11 is 0. The second-order valence-corrected chi connectivity index (χ2v) is 8.44. The van der Waals surface area contributed by atoms with E-state index in [1.807, 2.05) is 48.5 Å². The number of unbranched alkanes of at least 4 members (excludes halogenated alkanes) is 2. The molecule has 1 N–H and O–H groups in total. The van der Waals surface area contributed by atoms with Gasteiger partial charge in [0.2, 0.25) is 11.6 Å². The molecule has 0 unspecified atom stereocenters. The lowest BCUT2D eigenvalue weighted by Crippen LogP contribution is -2.10. The fraction of sp³-hybridized carbons (Fsp3) is 0.250. The minimum absolute atomic E-state index is 0.111. The highest BCUT2D eigenvalue weighted by molar-refractivity contribution is 5.96. The molecule has 4 rings (SSSR count). The third-order valence-corrected chi connectivity index (χ3v) is 5.81. The van der Waals surface area contributed by atoms with E-state index in [1.165, 1.54) is 0 Å². The van der Waals surface area contributed by atoms with Crippen molar-refractivity contribution in [3.05, 3.63) is 101 Å². The van der Waals surface area contributed by atoms with Crippen LogP contribution in [0.25, 0.3) is 11.1 Å². The van der Waals surface area contributed by atoms with E-state index in [-0.39, 0.29) is 23.6 Å². The molecular weight excluding hydrogens is 440 g/mol. The number of nitrogens with zero attached hydrogens (tertiary/aromatic N) is 4. The number of carboxylic acid groups (broad SMARTS) is 1. The Labute approximate surface area is 204 Å². The Morgan fingerprint density at radius 3 is 2.43 bits per heavy atom. The molecule has 2 aromatic heterocycles. The predicted octanol–water partition coefficient (Wildman–Crippen LogP) is 5.24. The van der Waals surface area contributed by atoms with Crippen LogP contribution in [-0.4, -0.2) is 36.6 Å². The second-order valence-electron chi connectivity index (χ2n) is 8.44. The number of carbonyl (C=O) groups is 2. The van der Waals surface area contributed by atoms with Gasteiger partial charge in [0.25, 0.3) is 0 Å². The van der Waals surface area contributed by atoms with Crippen LogP contribution in [-0.2, 0) is 19.4 Å². The van der Waals surface area contributed by atoms with Crippen molar-refractivity contribution in [2.75, 3.05) is 0 Å². The smallest absolute Gasteiger partial charge is 0.336 e. The molecule has 7 nitrogen and oxygen atoms in total. The summed E-state index contributed by atoms with van der Waals surface area (Å²) in [6.45, 7) is 2.53. The first-order valence-electron chi connectivity index (χ1n) is 11.8. The maximum Gasteiger partial charge on any atom is 0.336 e. The number of aromatic carboxylic acids is 1. The first-order chi connectivity index (χ1) is 17.0. The maximum absolute atomic E-state index is 12.8. The highest BCUT2D eigenvalue weighted by atomic mass is 16.4. The van der Waals surface area contributed by atoms with Gasteiger partial charge in [0.15, 0.2) is 0 Å². The molecule has 7 heteroatoms. The minimum Gasteiger partial charge on any atom is -0.478 e. The lowest BCUT2D eigenvalue weighted by Gasteiger charge is -2.08. The van der Waals surface area contributed by atoms with Crippen molar-refractivity contribution in [1.82, 2.24) is 19.7 Å². The number of benzene rings is 2. The standard InChI is InChI=1S/C28H28N4O3/c1-2-3-5-14-26-30-27(25(33)17-20-10-6-4-7-11-20)31-32(26)19-22-16-15-21(18-29-22)23-12-8-9-13-24(23)28(34)35/h4,6-13,15-16,18H,2-3,5,14,17,19H2,1H3,(H,34,35). The van der Waals surface area contributed by atoms with Crippen LogP contribution in [0.4, 0.5) is 0 Å². The fourth-order valence-electron chi connectivity index (χ4n) is 3.95. The van der Waals surface area contributed by atoms with Crippen LogP contribution in [0.2, 0.25) is 0 Å². The maximum atomic E-state index is 12.8. The largest absolute Gasteiger partial charge is 0.478 e. The SMILES string of the molecule is CCCCCc1nc(C(=O)Cc2ccccc2)nn1Cc1ccc(-c2ccccc2C(=O)O)cn1. The Balaban J connectivity index is 1.55. The van der Waals surface area contributed by atoms with Gasteiger partial charge >= 0.3 is 5.97 Å². The molecule has 0 atom stereocenters. The van der Waals surface area contributed by atoms with Crippen molar-refractivity contribution < 1.29 is 14.7 Å². The zero-order valence-corrected chi connectivity index (χ0v) is 19.7. The first-order valence-corrected chi connectivity index (χ1v) is 11.8. The number of aryl methyl sites for hydroxylation is 1. The number of carbonyl (C=O) groups excluding carboxylic acids is 1. The molecule has 0 saturated heterocycles. The molecule has 2 aromatic carbocycles. The highest BCUT2D eigenvalue weighted by Gasteiger charge is 2.18. The number of ketones is 1. The minimum atomic E-state index is -0.975. The molecule has 0 fully saturated rings. The summed E-state index contributed by atoms with van der Waals surface area (Å²) in [5.74, 6) is -0.0821. The van der Waals surface area contributed by atoms with E-state index < -0.39 is 5.97 Å². The van der Waals surface area contributed by atoms with Gasteiger partial charge in [-0.15, -0.1) is 5.10 Å². The monoisotopic (exact) mass is 468 g/mol. The third-order valence-electron chi connectivity index (χ3n) is 5.81. The second kappa shape index (κ2) is 11.3. The number of carboxylic acids is 1. The number of Topliss-reactive ketones (excluding diaryl/α,β-unsaturated/α-hetero) is 1. The van der Waals surface area contributed by atoms with Crippen LogP contribution in [0.15, 0.2) is 72.9 Å². The van der Waals surface area contributed by atoms with Crippen molar-refractivity contribution >= 4 is 11.8 Å². The van der Waals surface area contributed by atoms with Crippen LogP contribution in [0, 0.1) is 0 Å². The summed E-state index contributed by atoms with van der Waals surface area (Å²) < 4.78 is 1.76. The molecule has 0 saturated carbocycles. The summed E-state index contributed by atoms with van der Waals surface area (Å²) in [5, 5.41) is 14.0. The first kappa shape index (κ1) is 24.0. The average molecular weight is 469 g/mol. The van der Waals surface area contributed by atoms with Crippen LogP contribution in [0.3, 0.4) is 0 Å². The molecule has 0 aliphatic carbocycles. The van der Waals surface area contributed by atoms with E-state index in [0.29, 0.717) is 12.1 Å². The molecule has 35 heavy (non-hydrogen) atoms. The molecule has 178 valence electrons. The topological polar surface area (TPSA) is 98.0 Å². The normalized spacial score (nSPS) is 10.9. The van der Waals surface area contributed by atoms with Crippen LogP contribution < -0.4 is 0 Å². The zero-order valence-electron chi connectivity index (χ0n) is 19.7. The van der Waals surface area contributed by atoms with Gasteiger partial charge < -0.3 is 5.11 Å². The molecule has 4 aromatic rings. The van der Waals surface area contributed by atoms with Gasteiger partial charge in [0, 0.05) is 24.6 Å². The fourth-order valence-corrected chi connectivity index (χ4v) is 3.95. The summed E-state index contributed by atoms with van der Waals surface area (Å²) in [7, 11) is 0. The molecule has 0 aliphatic rings. The predicted molar refractivity (Wildman–Crippen MR) is 133 cm³/mol. The van der Waals surface area contributed by atoms with Gasteiger partial charge in [-0.1, -0.05) is 74.4 Å². The van der Waals surface area contributed by atoms with Crippen molar-refractivity contribution in [3.63, 3.8) is 0 Å². The number of hydrogen-bond acceptors (Lipinski definition) is 5. The Morgan fingerprint density at radius 1 is 0.943 bits per heavy atom. The van der Waals surface area contributed by atoms with Crippen molar-refractivity contribution in [1.29, 1.82) is 0 Å². The van der Waals surface area contributed by atoms with Gasteiger partial charge in [0.05, 0.1) is 17.8 Å². The van der Waals surface area contributed by atoms with E-state index in [9.17, 15) is 14.7 Å². The summed E-state index contributed by atoms with van der Waals surface area (Å²) in [6.07, 6.45) is 5.82. The molecule has 0 bridgehead atoms. The summed E-state index contributed by atoms with van der Waals surface area (Å²) in [6, 6.07) is 20.2. The summed E-state index contributed by atoms with van der Waals surface area (Å²) in [5.41, 5.74) is 3.27. The van der Waals surface area contributed by atoms with E-state index >= 15 is 0 Å². The summed E-state index contributed by atoms with van der Waals surface area (Å²) in [4.78, 5) is 33.5. The Kier molecular flexibility index (Phi) is 7.77. The van der Waals surface area contributed by atoms with Gasteiger partial charge in [0.1, 0.15) is 5.82 Å². The van der Waals surface area contributed by atoms with E-state index in [4.69, 9.17) is 0 Å². The lowest BCUT2D eigenvalue weighted by molar-refractivity contribution is 0.0697. The van der Waals surface area contributed by atoms with Gasteiger partial charge in [-0.05, 0) is 29.7 Å². The molecule has 0 amide bonds. The number of aromatic nitrogens is 4. The zero-order chi connectivity index (χ0) is 24.6. The van der Waals surface area contributed by atoms with Crippen LogP contribution >= 0.6 is 0 Å². The van der Waals surface area contributed by atoms with Gasteiger partial charge in [-0.2, -0.15) is 0 Å². The van der Waals surface area contributed by atoms with Crippen LogP contribution in [0.5, 0.6) is 0 Å². The van der Waals surface area contributed by atoms with Gasteiger partial charge in [-0.3, -0.25) is 9.78 Å². The van der Waals surface area contributed by atoms with Gasteiger partial charge in [-0.25, -0.2) is 14.5 Å². The van der Waals surface area contributed by atoms with E-state index in [2.05, 4.69) is 22.0 Å². The Morgan fingerprint density at radius 2 is 1.71 bits per heavy atom. The van der Waals surface area contributed by atoms with Crippen molar-refractivity contribution in [2.45, 2.75) is 45.6 Å². The molecule has 0 aliphatic heterocycles. The highest BCUT2D eigenvalue weighted by Crippen LogP contribution is 2.23. The van der Waals surface area contributed by atoms with Crippen molar-refractivity contribution in [2.24, 2.45) is 0 Å². The Bertz CT molecular complexity index is 1300. The quantitative estimate of drug-likeness (QED) is 0.239. The number of rotatable bonds is 11. The molecule has 2 heterocycles. The molecular formula is C28H28N4O3. The van der Waals surface area contributed by atoms with Crippen molar-refractivity contribution in [3.8, 4) is 11.1 Å². The molecule has 0 radical (unpaired) electrons. The van der Waals surface area contributed by atoms with E-state index in [1.54, 1.807) is 29.1 Å². The number of pyridine rings is 1. The van der Waals surface area contributed by atoms with E-state index in [0.717, 1.165) is 48.3 Å². The average Bonchev–Trinajstić information content (AvgIpc) is 3.28.